The maximum atomic E-state index is 14.0. The first-order chi connectivity index (χ1) is 9.58. The predicted octanol–water partition coefficient (Wildman–Crippen LogP) is 2.59. The minimum absolute atomic E-state index is 0.0967. The van der Waals surface area contributed by atoms with Gasteiger partial charge in [-0.1, -0.05) is 12.5 Å². The van der Waals surface area contributed by atoms with Gasteiger partial charge in [-0.25, -0.2) is 17.9 Å². The molecule has 2 aromatic rings. The minimum atomic E-state index is -1.45. The van der Waals surface area contributed by atoms with Crippen molar-refractivity contribution in [3.05, 3.63) is 41.0 Å². The van der Waals surface area contributed by atoms with Crippen molar-refractivity contribution in [2.75, 3.05) is 5.73 Å². The molecule has 1 aliphatic heterocycles. The lowest BCUT2D eigenvalue weighted by Crippen LogP contribution is -2.11. The van der Waals surface area contributed by atoms with Crippen molar-refractivity contribution in [1.82, 2.24) is 14.8 Å². The molecule has 0 radical (unpaired) electrons. The van der Waals surface area contributed by atoms with Crippen LogP contribution in [0.2, 0.25) is 0 Å². The Morgan fingerprint density at radius 2 is 1.95 bits per heavy atom. The zero-order valence-corrected chi connectivity index (χ0v) is 10.6. The Kier molecular flexibility index (Phi) is 3.11. The molecule has 1 atom stereocenters. The first kappa shape index (κ1) is 13.0. The first-order valence-corrected chi connectivity index (χ1v) is 6.41. The van der Waals surface area contributed by atoms with Gasteiger partial charge >= 0.3 is 0 Å². The number of nitrogen functional groups attached to an aromatic ring is 1. The second kappa shape index (κ2) is 4.81. The number of hydrogen-bond acceptors (Lipinski definition) is 3. The molecule has 0 saturated heterocycles. The van der Waals surface area contributed by atoms with E-state index in [1.165, 1.54) is 6.07 Å². The van der Waals surface area contributed by atoms with Gasteiger partial charge in [0.2, 0.25) is 5.95 Å². The first-order valence-electron chi connectivity index (χ1n) is 6.41. The highest BCUT2D eigenvalue weighted by Gasteiger charge is 2.28. The van der Waals surface area contributed by atoms with Gasteiger partial charge in [0.05, 0.1) is 0 Å². The summed E-state index contributed by atoms with van der Waals surface area (Å²) in [7, 11) is 0. The highest BCUT2D eigenvalue weighted by molar-refractivity contribution is 5.31. The third-order valence-corrected chi connectivity index (χ3v) is 3.58. The number of benzene rings is 1. The molecule has 0 amide bonds. The molecular weight excluding hydrogens is 269 g/mol. The maximum Gasteiger partial charge on any atom is 0.239 e. The highest BCUT2D eigenvalue weighted by atomic mass is 19.2. The Morgan fingerprint density at radius 3 is 2.75 bits per heavy atom. The van der Waals surface area contributed by atoms with Crippen molar-refractivity contribution >= 4 is 5.95 Å². The van der Waals surface area contributed by atoms with Crippen LogP contribution in [0, 0.1) is 17.5 Å². The fourth-order valence-corrected chi connectivity index (χ4v) is 2.64. The number of hydrogen-bond donors (Lipinski definition) is 1. The van der Waals surface area contributed by atoms with Crippen LogP contribution in [0.4, 0.5) is 19.1 Å². The summed E-state index contributed by atoms with van der Waals surface area (Å²) >= 11 is 0. The molecule has 0 saturated carbocycles. The van der Waals surface area contributed by atoms with Crippen LogP contribution < -0.4 is 5.73 Å². The Balaban J connectivity index is 2.12. The molecular formula is C13H13F3N4. The van der Waals surface area contributed by atoms with Crippen LogP contribution in [-0.4, -0.2) is 14.8 Å². The fraction of sp³-hybridized carbons (Fsp3) is 0.385. The number of aryl methyl sites for hydroxylation is 1. The Morgan fingerprint density at radius 1 is 1.15 bits per heavy atom. The van der Waals surface area contributed by atoms with Crippen molar-refractivity contribution in [3.8, 4) is 0 Å². The summed E-state index contributed by atoms with van der Waals surface area (Å²) in [5.74, 6) is -3.66. The number of aromatic nitrogens is 3. The van der Waals surface area contributed by atoms with Gasteiger partial charge in [0.15, 0.2) is 17.5 Å². The predicted molar refractivity (Wildman–Crippen MR) is 66.4 cm³/mol. The molecule has 7 heteroatoms. The zero-order chi connectivity index (χ0) is 14.3. The van der Waals surface area contributed by atoms with Crippen LogP contribution in [0.1, 0.15) is 36.6 Å². The normalized spacial score (nSPS) is 18.6. The van der Waals surface area contributed by atoms with E-state index in [1.54, 1.807) is 4.68 Å². The Labute approximate surface area is 113 Å². The van der Waals surface area contributed by atoms with Crippen molar-refractivity contribution < 1.29 is 13.2 Å². The summed E-state index contributed by atoms with van der Waals surface area (Å²) in [6, 6.07) is 2.20. The molecule has 1 aromatic heterocycles. The third kappa shape index (κ3) is 2.03. The van der Waals surface area contributed by atoms with E-state index in [9.17, 15) is 13.2 Å². The van der Waals surface area contributed by atoms with Gasteiger partial charge in [0.25, 0.3) is 0 Å². The minimum Gasteiger partial charge on any atom is -0.366 e. The van der Waals surface area contributed by atoms with Gasteiger partial charge in [-0.2, -0.15) is 4.98 Å². The standard InChI is InChI=1S/C13H13F3N4/c14-9-5-4-7(10(15)11(9)16)8-3-1-2-6-20-12(8)18-13(17)19-20/h4-5,8H,1-3,6H2,(H2,17,19)/t8-/m0/s1. The molecule has 1 aliphatic rings. The van der Waals surface area contributed by atoms with Gasteiger partial charge in [-0.3, -0.25) is 0 Å². The van der Waals surface area contributed by atoms with Gasteiger partial charge in [-0.05, 0) is 18.9 Å². The number of nitrogens with zero attached hydrogens (tertiary/aromatic N) is 3. The number of halogens is 3. The fourth-order valence-electron chi connectivity index (χ4n) is 2.64. The maximum absolute atomic E-state index is 14.0. The van der Waals surface area contributed by atoms with Crippen LogP contribution in [0.25, 0.3) is 0 Å². The Bertz CT molecular complexity index is 653. The average Bonchev–Trinajstić information content (AvgIpc) is 2.68. The summed E-state index contributed by atoms with van der Waals surface area (Å²) < 4.78 is 42.0. The van der Waals surface area contributed by atoms with E-state index >= 15 is 0 Å². The quantitative estimate of drug-likeness (QED) is 0.818. The smallest absolute Gasteiger partial charge is 0.239 e. The van der Waals surface area contributed by atoms with Crippen molar-refractivity contribution in [1.29, 1.82) is 0 Å². The van der Waals surface area contributed by atoms with E-state index in [1.807, 2.05) is 0 Å². The summed E-state index contributed by atoms with van der Waals surface area (Å²) in [6.07, 6.45) is 2.28. The molecule has 0 fully saturated rings. The molecule has 2 N–H and O–H groups in total. The number of nitrogens with two attached hydrogens (primary N) is 1. The highest BCUT2D eigenvalue weighted by Crippen LogP contribution is 2.34. The molecule has 0 unspecified atom stereocenters. The molecule has 106 valence electrons. The topological polar surface area (TPSA) is 56.7 Å². The summed E-state index contributed by atoms with van der Waals surface area (Å²) in [6.45, 7) is 0.640. The van der Waals surface area contributed by atoms with Gasteiger partial charge in [-0.15, -0.1) is 5.10 Å². The molecule has 20 heavy (non-hydrogen) atoms. The third-order valence-electron chi connectivity index (χ3n) is 3.58. The lowest BCUT2D eigenvalue weighted by atomic mass is 9.93. The summed E-state index contributed by atoms with van der Waals surface area (Å²) in [5.41, 5.74) is 5.67. The van der Waals surface area contributed by atoms with Crippen molar-refractivity contribution in [2.45, 2.75) is 31.7 Å². The summed E-state index contributed by atoms with van der Waals surface area (Å²) in [5, 5.41) is 4.05. The van der Waals surface area contributed by atoms with Crippen LogP contribution in [-0.2, 0) is 6.54 Å². The number of anilines is 1. The average molecular weight is 282 g/mol. The molecule has 4 nitrogen and oxygen atoms in total. The van der Waals surface area contributed by atoms with E-state index < -0.39 is 23.4 Å². The lowest BCUT2D eigenvalue weighted by Gasteiger charge is -2.15. The van der Waals surface area contributed by atoms with E-state index in [0.717, 1.165) is 18.9 Å². The summed E-state index contributed by atoms with van der Waals surface area (Å²) in [4.78, 5) is 4.11. The molecule has 0 bridgehead atoms. The van der Waals surface area contributed by atoms with E-state index in [2.05, 4.69) is 10.1 Å². The van der Waals surface area contributed by atoms with Crippen LogP contribution in [0.5, 0.6) is 0 Å². The van der Waals surface area contributed by atoms with E-state index in [0.29, 0.717) is 18.8 Å². The SMILES string of the molecule is Nc1nc2n(n1)CCCC[C@H]2c1ccc(F)c(F)c1F. The second-order valence-electron chi connectivity index (χ2n) is 4.86. The van der Waals surface area contributed by atoms with Gasteiger partial charge in [0.1, 0.15) is 5.82 Å². The monoisotopic (exact) mass is 282 g/mol. The second-order valence-corrected chi connectivity index (χ2v) is 4.86. The molecule has 2 heterocycles. The molecule has 0 spiro atoms. The molecule has 1 aromatic carbocycles. The number of rotatable bonds is 1. The lowest BCUT2D eigenvalue weighted by molar-refractivity contribution is 0.435. The van der Waals surface area contributed by atoms with Gasteiger partial charge < -0.3 is 5.73 Å². The molecule has 3 rings (SSSR count). The van der Waals surface area contributed by atoms with Crippen molar-refractivity contribution in [3.63, 3.8) is 0 Å². The largest absolute Gasteiger partial charge is 0.366 e. The zero-order valence-electron chi connectivity index (χ0n) is 10.6. The van der Waals surface area contributed by atoms with Crippen LogP contribution in [0.3, 0.4) is 0 Å². The van der Waals surface area contributed by atoms with Crippen LogP contribution in [0.15, 0.2) is 12.1 Å². The van der Waals surface area contributed by atoms with Gasteiger partial charge in [0, 0.05) is 18.0 Å². The molecule has 0 aliphatic carbocycles. The Hall–Kier alpha value is -2.05. The van der Waals surface area contributed by atoms with E-state index in [4.69, 9.17) is 5.73 Å². The van der Waals surface area contributed by atoms with E-state index in [-0.39, 0.29) is 11.5 Å². The number of fused-ring (bicyclic) bond motifs is 1. The van der Waals surface area contributed by atoms with Crippen molar-refractivity contribution in [2.24, 2.45) is 0 Å². The van der Waals surface area contributed by atoms with Crippen LogP contribution >= 0.6 is 0 Å².